The van der Waals surface area contributed by atoms with Crippen molar-refractivity contribution in [3.8, 4) is 23.1 Å². The summed E-state index contributed by atoms with van der Waals surface area (Å²) < 4.78 is 43.2. The summed E-state index contributed by atoms with van der Waals surface area (Å²) in [7, 11) is -0.956. The van der Waals surface area contributed by atoms with Gasteiger partial charge in [0.25, 0.3) is 0 Å². The van der Waals surface area contributed by atoms with Gasteiger partial charge < -0.3 is 19.5 Å². The van der Waals surface area contributed by atoms with Gasteiger partial charge in [-0.1, -0.05) is 11.6 Å². The van der Waals surface area contributed by atoms with Gasteiger partial charge in [-0.2, -0.15) is 0 Å². The predicted octanol–water partition coefficient (Wildman–Crippen LogP) is 3.85. The summed E-state index contributed by atoms with van der Waals surface area (Å²) in [6, 6.07) is 14.3. The second-order valence-electron chi connectivity index (χ2n) is 6.65. The standard InChI is InChI=1S/C22H22ClN3O6S/c1-30-19-9-8-18(13-20(19)31-2)33(28,29)25-12-11-21(27)26-16-5-10-22(24-14-16)32-17-6-3-15(23)4-7-17/h3-10,13-14,25H,11-12H2,1-2H3,(H,26,27). The number of anilines is 1. The van der Waals surface area contributed by atoms with Gasteiger partial charge in [0.2, 0.25) is 21.8 Å². The Labute approximate surface area is 196 Å². The van der Waals surface area contributed by atoms with Crippen molar-refractivity contribution in [1.82, 2.24) is 9.71 Å². The number of aromatic nitrogens is 1. The van der Waals surface area contributed by atoms with E-state index in [-0.39, 0.29) is 29.5 Å². The maximum Gasteiger partial charge on any atom is 0.240 e. The van der Waals surface area contributed by atoms with E-state index in [0.717, 1.165) is 0 Å². The number of nitrogens with zero attached hydrogens (tertiary/aromatic N) is 1. The van der Waals surface area contributed by atoms with Crippen molar-refractivity contribution in [1.29, 1.82) is 0 Å². The lowest BCUT2D eigenvalue weighted by molar-refractivity contribution is -0.116. The van der Waals surface area contributed by atoms with Gasteiger partial charge in [0.05, 0.1) is 31.0 Å². The molecule has 174 valence electrons. The van der Waals surface area contributed by atoms with E-state index in [1.54, 1.807) is 36.4 Å². The maximum absolute atomic E-state index is 12.5. The topological polar surface area (TPSA) is 116 Å². The van der Waals surface area contributed by atoms with Crippen LogP contribution in [0.4, 0.5) is 5.69 Å². The van der Waals surface area contributed by atoms with Crippen LogP contribution < -0.4 is 24.2 Å². The zero-order valence-electron chi connectivity index (χ0n) is 17.9. The van der Waals surface area contributed by atoms with E-state index in [1.165, 1.54) is 38.6 Å². The molecule has 0 aliphatic carbocycles. The number of nitrogens with one attached hydrogen (secondary N) is 2. The van der Waals surface area contributed by atoms with Crippen molar-refractivity contribution in [3.05, 3.63) is 65.8 Å². The first-order chi connectivity index (χ1) is 15.8. The molecule has 0 aliphatic heterocycles. The third-order valence-corrected chi connectivity index (χ3v) is 6.08. The van der Waals surface area contributed by atoms with Gasteiger partial charge in [-0.05, 0) is 42.5 Å². The minimum absolute atomic E-state index is 0.000958. The Kier molecular flexibility index (Phi) is 8.10. The average Bonchev–Trinajstić information content (AvgIpc) is 2.81. The summed E-state index contributed by atoms with van der Waals surface area (Å²) in [5, 5.41) is 3.25. The number of hydrogen-bond donors (Lipinski definition) is 2. The highest BCUT2D eigenvalue weighted by molar-refractivity contribution is 7.89. The van der Waals surface area contributed by atoms with Gasteiger partial charge in [-0.25, -0.2) is 18.1 Å². The maximum atomic E-state index is 12.5. The van der Waals surface area contributed by atoms with Gasteiger partial charge >= 0.3 is 0 Å². The van der Waals surface area contributed by atoms with Crippen molar-refractivity contribution in [2.45, 2.75) is 11.3 Å². The Morgan fingerprint density at radius 3 is 2.36 bits per heavy atom. The molecule has 9 nitrogen and oxygen atoms in total. The predicted molar refractivity (Wildman–Crippen MR) is 124 cm³/mol. The van der Waals surface area contributed by atoms with Crippen LogP contribution in [0.5, 0.6) is 23.1 Å². The van der Waals surface area contributed by atoms with Crippen molar-refractivity contribution in [2.75, 3.05) is 26.1 Å². The van der Waals surface area contributed by atoms with Crippen LogP contribution in [0.2, 0.25) is 5.02 Å². The number of carbonyl (C=O) groups excluding carboxylic acids is 1. The summed E-state index contributed by atoms with van der Waals surface area (Å²) in [4.78, 5) is 16.3. The Bertz CT molecular complexity index is 1200. The van der Waals surface area contributed by atoms with Crippen LogP contribution in [0.1, 0.15) is 6.42 Å². The van der Waals surface area contributed by atoms with E-state index in [4.69, 9.17) is 25.8 Å². The molecule has 1 amide bonds. The molecule has 0 fully saturated rings. The molecule has 2 aromatic carbocycles. The molecule has 11 heteroatoms. The molecule has 0 atom stereocenters. The lowest BCUT2D eigenvalue weighted by Gasteiger charge is -2.11. The van der Waals surface area contributed by atoms with E-state index < -0.39 is 10.0 Å². The van der Waals surface area contributed by atoms with E-state index in [1.807, 2.05) is 0 Å². The second-order valence-corrected chi connectivity index (χ2v) is 8.86. The fourth-order valence-corrected chi connectivity index (χ4v) is 3.90. The van der Waals surface area contributed by atoms with Gasteiger partial charge in [-0.3, -0.25) is 4.79 Å². The van der Waals surface area contributed by atoms with Crippen LogP contribution in [0.3, 0.4) is 0 Å². The van der Waals surface area contributed by atoms with Crippen molar-refractivity contribution >= 4 is 33.2 Å². The molecular weight excluding hydrogens is 470 g/mol. The largest absolute Gasteiger partial charge is 0.493 e. The van der Waals surface area contributed by atoms with Crippen LogP contribution in [-0.2, 0) is 14.8 Å². The Balaban J connectivity index is 1.50. The number of amides is 1. The molecule has 1 heterocycles. The van der Waals surface area contributed by atoms with Gasteiger partial charge in [0, 0.05) is 30.1 Å². The molecule has 0 aliphatic rings. The van der Waals surface area contributed by atoms with E-state index >= 15 is 0 Å². The molecule has 0 bridgehead atoms. The summed E-state index contributed by atoms with van der Waals surface area (Å²) >= 11 is 5.84. The first-order valence-electron chi connectivity index (χ1n) is 9.72. The summed E-state index contributed by atoms with van der Waals surface area (Å²) in [6.45, 7) is -0.0896. The number of hydrogen-bond acceptors (Lipinski definition) is 7. The molecule has 3 aromatic rings. The average molecular weight is 492 g/mol. The number of rotatable bonds is 10. The van der Waals surface area contributed by atoms with Crippen LogP contribution in [0.25, 0.3) is 0 Å². The molecule has 0 saturated heterocycles. The highest BCUT2D eigenvalue weighted by atomic mass is 35.5. The van der Waals surface area contributed by atoms with Crippen molar-refractivity contribution in [3.63, 3.8) is 0 Å². The molecule has 0 spiro atoms. The smallest absolute Gasteiger partial charge is 0.240 e. The number of sulfonamides is 1. The quantitative estimate of drug-likeness (QED) is 0.442. The molecule has 0 radical (unpaired) electrons. The van der Waals surface area contributed by atoms with Crippen LogP contribution in [-0.4, -0.2) is 40.1 Å². The number of pyridine rings is 1. The first kappa shape index (κ1) is 24.3. The van der Waals surface area contributed by atoms with Crippen LogP contribution >= 0.6 is 11.6 Å². The van der Waals surface area contributed by atoms with Gasteiger partial charge in [0.1, 0.15) is 5.75 Å². The van der Waals surface area contributed by atoms with Crippen molar-refractivity contribution < 1.29 is 27.4 Å². The highest BCUT2D eigenvalue weighted by Crippen LogP contribution is 2.29. The number of ether oxygens (including phenoxy) is 3. The molecule has 2 N–H and O–H groups in total. The zero-order chi connectivity index (χ0) is 23.8. The fourth-order valence-electron chi connectivity index (χ4n) is 2.73. The third kappa shape index (κ3) is 6.82. The Morgan fingerprint density at radius 1 is 1.00 bits per heavy atom. The van der Waals surface area contributed by atoms with E-state index in [9.17, 15) is 13.2 Å². The van der Waals surface area contributed by atoms with Crippen molar-refractivity contribution in [2.24, 2.45) is 0 Å². The van der Waals surface area contributed by atoms with Gasteiger partial charge in [-0.15, -0.1) is 0 Å². The van der Waals surface area contributed by atoms with E-state index in [2.05, 4.69) is 15.0 Å². The molecule has 0 unspecified atom stereocenters. The minimum atomic E-state index is -3.83. The lowest BCUT2D eigenvalue weighted by atomic mass is 10.3. The van der Waals surface area contributed by atoms with E-state index in [0.29, 0.717) is 28.1 Å². The SMILES string of the molecule is COc1ccc(S(=O)(=O)NCCC(=O)Nc2ccc(Oc3ccc(Cl)cc3)nc2)cc1OC. The molecular formula is C22H22ClN3O6S. The first-order valence-corrected chi connectivity index (χ1v) is 11.6. The molecule has 3 rings (SSSR count). The molecule has 1 aromatic heterocycles. The summed E-state index contributed by atoms with van der Waals surface area (Å²) in [5.41, 5.74) is 0.450. The number of benzene rings is 2. The lowest BCUT2D eigenvalue weighted by Crippen LogP contribution is -2.27. The zero-order valence-corrected chi connectivity index (χ0v) is 19.4. The third-order valence-electron chi connectivity index (χ3n) is 4.37. The molecule has 33 heavy (non-hydrogen) atoms. The second kappa shape index (κ2) is 11.0. The summed E-state index contributed by atoms with van der Waals surface area (Å²) in [6.07, 6.45) is 1.37. The minimum Gasteiger partial charge on any atom is -0.493 e. The number of halogens is 1. The highest BCUT2D eigenvalue weighted by Gasteiger charge is 2.17. The van der Waals surface area contributed by atoms with Crippen LogP contribution in [0.15, 0.2) is 65.7 Å². The molecule has 0 saturated carbocycles. The van der Waals surface area contributed by atoms with Gasteiger partial charge in [0.15, 0.2) is 11.5 Å². The number of carbonyl (C=O) groups is 1. The number of methoxy groups -OCH3 is 2. The summed E-state index contributed by atoms with van der Waals surface area (Å²) in [5.74, 6) is 1.24. The van der Waals surface area contributed by atoms with Crippen LogP contribution in [0, 0.1) is 0 Å². The fraction of sp³-hybridized carbons (Fsp3) is 0.182. The normalized spacial score (nSPS) is 11.0. The Morgan fingerprint density at radius 2 is 1.73 bits per heavy atom. The Hall–Kier alpha value is -3.34. The monoisotopic (exact) mass is 491 g/mol.